The van der Waals surface area contributed by atoms with Gasteiger partial charge in [0.05, 0.1) is 22.1 Å². The molecule has 1 aromatic heterocycles. The molecule has 0 amide bonds. The zero-order valence-electron chi connectivity index (χ0n) is 15.4. The molecule has 1 atom stereocenters. The van der Waals surface area contributed by atoms with Crippen molar-refractivity contribution in [2.75, 3.05) is 18.5 Å². The van der Waals surface area contributed by atoms with Crippen molar-refractivity contribution in [1.82, 2.24) is 9.55 Å². The van der Waals surface area contributed by atoms with Crippen LogP contribution in [0.15, 0.2) is 58.5 Å². The van der Waals surface area contributed by atoms with E-state index < -0.39 is 0 Å². The molecule has 4 rings (SSSR count). The summed E-state index contributed by atoms with van der Waals surface area (Å²) in [7, 11) is 0. The average Bonchev–Trinajstić information content (AvgIpc) is 3.05. The highest BCUT2D eigenvalue weighted by molar-refractivity contribution is 9.10. The Hall–Kier alpha value is -3.00. The molecule has 0 spiro atoms. The van der Waals surface area contributed by atoms with Crippen molar-refractivity contribution in [2.24, 2.45) is 10.7 Å². The van der Waals surface area contributed by atoms with Crippen LogP contribution in [0, 0.1) is 0 Å². The van der Waals surface area contributed by atoms with Gasteiger partial charge in [-0.25, -0.2) is 9.98 Å². The van der Waals surface area contributed by atoms with Gasteiger partial charge in [0, 0.05) is 5.56 Å². The summed E-state index contributed by atoms with van der Waals surface area (Å²) in [5.74, 6) is 2.23. The van der Waals surface area contributed by atoms with Gasteiger partial charge in [-0.15, -0.1) is 0 Å². The standard InChI is InChI=1S/C20H20BrN5O2/c1-3-9-28-17-13(21)10-12(11-16(17)27-4-2)18-24-19(22)25-20-23-14-7-5-6-8-15(14)26(18)20/h3,5-8,10-11,18H,1,4,9H2,2H3,(H3,22,23,24,25)/t18-/m1/s1. The van der Waals surface area contributed by atoms with Crippen molar-refractivity contribution in [3.05, 3.63) is 59.1 Å². The molecule has 28 heavy (non-hydrogen) atoms. The number of nitrogens with zero attached hydrogens (tertiary/aromatic N) is 3. The number of benzene rings is 2. The van der Waals surface area contributed by atoms with Crippen molar-refractivity contribution >= 4 is 38.9 Å². The van der Waals surface area contributed by atoms with E-state index in [0.717, 1.165) is 21.1 Å². The predicted molar refractivity (Wildman–Crippen MR) is 114 cm³/mol. The fourth-order valence-corrected chi connectivity index (χ4v) is 3.80. The fraction of sp³-hybridized carbons (Fsp3) is 0.200. The van der Waals surface area contributed by atoms with Crippen LogP contribution in [0.1, 0.15) is 18.7 Å². The van der Waals surface area contributed by atoms with Crippen LogP contribution in [0.4, 0.5) is 5.95 Å². The molecule has 0 aliphatic carbocycles. The number of halogens is 1. The molecule has 0 saturated heterocycles. The first-order chi connectivity index (χ1) is 13.6. The maximum Gasteiger partial charge on any atom is 0.212 e. The van der Waals surface area contributed by atoms with Crippen molar-refractivity contribution in [1.29, 1.82) is 0 Å². The Kier molecular flexibility index (Phi) is 4.95. The number of aromatic nitrogens is 2. The SMILES string of the molecule is C=CCOc1c(Br)cc([C@@H]2N=C(N)Nc3nc4ccccc4n32)cc1OCC. The van der Waals surface area contributed by atoms with Crippen LogP contribution in [-0.4, -0.2) is 28.7 Å². The molecule has 2 heterocycles. The number of aliphatic imine (C=N–C) groups is 1. The quantitative estimate of drug-likeness (QED) is 0.563. The van der Waals surface area contributed by atoms with E-state index in [1.54, 1.807) is 6.08 Å². The summed E-state index contributed by atoms with van der Waals surface area (Å²) in [5.41, 5.74) is 8.77. The van der Waals surface area contributed by atoms with E-state index >= 15 is 0 Å². The third-order valence-electron chi connectivity index (χ3n) is 4.32. The van der Waals surface area contributed by atoms with E-state index in [2.05, 4.69) is 37.8 Å². The number of imidazole rings is 1. The maximum atomic E-state index is 6.04. The molecular formula is C20H20BrN5O2. The molecule has 8 heteroatoms. The average molecular weight is 442 g/mol. The lowest BCUT2D eigenvalue weighted by Gasteiger charge is -2.25. The van der Waals surface area contributed by atoms with Gasteiger partial charge in [0.25, 0.3) is 0 Å². The van der Waals surface area contributed by atoms with Crippen molar-refractivity contribution in [3.8, 4) is 11.5 Å². The third-order valence-corrected chi connectivity index (χ3v) is 4.91. The van der Waals surface area contributed by atoms with Gasteiger partial charge < -0.3 is 15.2 Å². The van der Waals surface area contributed by atoms with Gasteiger partial charge in [0.1, 0.15) is 6.61 Å². The molecule has 144 valence electrons. The lowest BCUT2D eigenvalue weighted by Crippen LogP contribution is -2.31. The summed E-state index contributed by atoms with van der Waals surface area (Å²) < 4.78 is 14.4. The molecule has 0 saturated carbocycles. The number of ether oxygens (including phenoxy) is 2. The predicted octanol–water partition coefficient (Wildman–Crippen LogP) is 4.05. The first kappa shape index (κ1) is 18.4. The smallest absolute Gasteiger partial charge is 0.212 e. The van der Waals surface area contributed by atoms with Crippen LogP contribution in [0.2, 0.25) is 0 Å². The Balaban J connectivity index is 1.86. The molecule has 0 bridgehead atoms. The second-order valence-corrected chi connectivity index (χ2v) is 7.02. The van der Waals surface area contributed by atoms with Gasteiger partial charge in [-0.1, -0.05) is 24.8 Å². The molecule has 1 aliphatic rings. The van der Waals surface area contributed by atoms with Crippen molar-refractivity contribution < 1.29 is 9.47 Å². The monoisotopic (exact) mass is 441 g/mol. The number of nitrogens with one attached hydrogen (secondary N) is 1. The number of hydrogen-bond acceptors (Lipinski definition) is 6. The first-order valence-corrected chi connectivity index (χ1v) is 9.69. The van der Waals surface area contributed by atoms with Gasteiger partial charge in [0.2, 0.25) is 5.95 Å². The third kappa shape index (κ3) is 3.20. The summed E-state index contributed by atoms with van der Waals surface area (Å²) in [5, 5.41) is 3.04. The number of nitrogens with two attached hydrogens (primary N) is 1. The van der Waals surface area contributed by atoms with Gasteiger partial charge >= 0.3 is 0 Å². The minimum absolute atomic E-state index is 0.314. The van der Waals surface area contributed by atoms with Crippen LogP contribution in [0.5, 0.6) is 11.5 Å². The van der Waals surface area contributed by atoms with Crippen LogP contribution in [-0.2, 0) is 0 Å². The molecule has 3 aromatic rings. The van der Waals surface area contributed by atoms with E-state index in [4.69, 9.17) is 15.2 Å². The number of fused-ring (bicyclic) bond motifs is 3. The highest BCUT2D eigenvalue weighted by Gasteiger charge is 2.27. The highest BCUT2D eigenvalue weighted by atomic mass is 79.9. The first-order valence-electron chi connectivity index (χ1n) is 8.89. The van der Waals surface area contributed by atoms with Crippen LogP contribution in [0.25, 0.3) is 11.0 Å². The normalized spacial score (nSPS) is 15.5. The second-order valence-electron chi connectivity index (χ2n) is 6.17. The Morgan fingerprint density at radius 1 is 1.32 bits per heavy atom. The maximum absolute atomic E-state index is 6.04. The Morgan fingerprint density at radius 3 is 2.93 bits per heavy atom. The summed E-state index contributed by atoms with van der Waals surface area (Å²) in [6.07, 6.45) is 1.31. The minimum Gasteiger partial charge on any atom is -0.490 e. The molecule has 0 radical (unpaired) electrons. The number of guanidine groups is 1. The summed E-state index contributed by atoms with van der Waals surface area (Å²) in [6.45, 7) is 6.52. The molecule has 1 aliphatic heterocycles. The van der Waals surface area contributed by atoms with E-state index in [0.29, 0.717) is 36.6 Å². The van der Waals surface area contributed by atoms with Gasteiger partial charge in [-0.3, -0.25) is 9.88 Å². The lowest BCUT2D eigenvalue weighted by molar-refractivity contribution is 0.295. The molecule has 7 nitrogen and oxygen atoms in total. The van der Waals surface area contributed by atoms with Gasteiger partial charge in [-0.05, 0) is 47.1 Å². The Labute approximate surface area is 171 Å². The zero-order chi connectivity index (χ0) is 19.7. The van der Waals surface area contributed by atoms with Crippen molar-refractivity contribution in [2.45, 2.75) is 13.1 Å². The Morgan fingerprint density at radius 2 is 2.14 bits per heavy atom. The molecule has 2 aromatic carbocycles. The highest BCUT2D eigenvalue weighted by Crippen LogP contribution is 2.41. The van der Waals surface area contributed by atoms with E-state index in [-0.39, 0.29) is 6.17 Å². The van der Waals surface area contributed by atoms with E-state index in [1.807, 2.05) is 47.9 Å². The van der Waals surface area contributed by atoms with Gasteiger partial charge in [-0.2, -0.15) is 0 Å². The molecular weight excluding hydrogens is 422 g/mol. The second kappa shape index (κ2) is 7.55. The number of hydrogen-bond donors (Lipinski definition) is 2. The Bertz CT molecular complexity index is 1080. The largest absolute Gasteiger partial charge is 0.490 e. The van der Waals surface area contributed by atoms with Crippen LogP contribution in [0.3, 0.4) is 0 Å². The number of rotatable bonds is 6. The van der Waals surface area contributed by atoms with Crippen LogP contribution >= 0.6 is 15.9 Å². The topological polar surface area (TPSA) is 86.7 Å². The molecule has 0 unspecified atom stereocenters. The summed E-state index contributed by atoms with van der Waals surface area (Å²) in [4.78, 5) is 9.25. The van der Waals surface area contributed by atoms with E-state index in [9.17, 15) is 0 Å². The summed E-state index contributed by atoms with van der Waals surface area (Å²) in [6, 6.07) is 11.8. The molecule has 0 fully saturated rings. The van der Waals surface area contributed by atoms with Crippen molar-refractivity contribution in [3.63, 3.8) is 0 Å². The summed E-state index contributed by atoms with van der Waals surface area (Å²) >= 11 is 3.60. The number of para-hydroxylation sites is 2. The minimum atomic E-state index is -0.382. The van der Waals surface area contributed by atoms with E-state index in [1.165, 1.54) is 0 Å². The zero-order valence-corrected chi connectivity index (χ0v) is 16.9. The fourth-order valence-electron chi connectivity index (χ4n) is 3.22. The van der Waals surface area contributed by atoms with Crippen LogP contribution < -0.4 is 20.5 Å². The van der Waals surface area contributed by atoms with Gasteiger partial charge in [0.15, 0.2) is 23.6 Å². The number of anilines is 1. The lowest BCUT2D eigenvalue weighted by atomic mass is 10.1. The molecule has 3 N–H and O–H groups in total.